The second-order valence-electron chi connectivity index (χ2n) is 28.0. The predicted molar refractivity (Wildman–Crippen MR) is 390 cm³/mol. The van der Waals surface area contributed by atoms with Crippen molar-refractivity contribution in [2.45, 2.75) is 405 Å². The molecule has 89 heavy (non-hydrogen) atoms. The molecule has 0 aliphatic heterocycles. The summed E-state index contributed by atoms with van der Waals surface area (Å²) in [5.41, 5.74) is 0. The molecule has 0 radical (unpaired) electrons. The van der Waals surface area contributed by atoms with Crippen molar-refractivity contribution in [2.75, 3.05) is 40.9 Å². The lowest BCUT2D eigenvalue weighted by atomic mass is 10.0. The highest BCUT2D eigenvalue weighted by atomic mass is 31.2. The molecule has 8 nitrogen and oxygen atoms in total. The van der Waals surface area contributed by atoms with Crippen molar-refractivity contribution in [1.29, 1.82) is 0 Å². The van der Waals surface area contributed by atoms with Gasteiger partial charge < -0.3 is 28.8 Å². The van der Waals surface area contributed by atoms with Crippen LogP contribution in [0.25, 0.3) is 0 Å². The highest BCUT2D eigenvalue weighted by Gasteiger charge is 2.23. The topological polar surface area (TPSA) is 108 Å². The monoisotopic (exact) mass is 1270 g/mol. The number of carbonyl (C=O) groups is 1. The van der Waals surface area contributed by atoms with E-state index < -0.39 is 26.6 Å². The van der Waals surface area contributed by atoms with Gasteiger partial charge in [-0.1, -0.05) is 370 Å². The van der Waals surface area contributed by atoms with E-state index in [2.05, 4.69) is 67.8 Å². The van der Waals surface area contributed by atoms with Crippen LogP contribution in [0.2, 0.25) is 0 Å². The number of likely N-dealkylation sites (N-methyl/N-ethyl adjacent to an activating group) is 1. The fourth-order valence-corrected chi connectivity index (χ4v) is 12.6. The molecule has 0 saturated carbocycles. The molecule has 0 aromatic carbocycles. The van der Waals surface area contributed by atoms with Crippen molar-refractivity contribution in [3.8, 4) is 0 Å². The fraction of sp³-hybridized carbons (Fsp3) is 0.863. The number of nitrogens with zero attached hydrogens (tertiary/aromatic N) is 1. The van der Waals surface area contributed by atoms with Gasteiger partial charge in [0.05, 0.1) is 39.9 Å². The minimum absolute atomic E-state index is 0.00833. The molecule has 0 saturated heterocycles. The number of unbranched alkanes of at least 4 members (excludes halogenated alkanes) is 52. The van der Waals surface area contributed by atoms with E-state index >= 15 is 0 Å². The van der Waals surface area contributed by atoms with Crippen LogP contribution in [0.1, 0.15) is 393 Å². The Hall–Kier alpha value is -1.80. The Morgan fingerprint density at radius 1 is 0.393 bits per heavy atom. The van der Waals surface area contributed by atoms with Gasteiger partial charge in [0.15, 0.2) is 0 Å². The SMILES string of the molecule is CCCCCCC/C=C\C/C=C\CCCCCCCCCCCCCCCCCCCCCCCCCCCC(=O)NC(COP(=O)([O-])OCC[N+](C)(C)C)C(O)/C=C/CC/C=C/CC/C=C/CCCCCCCCCCCCCCCCCCCCCC. The standard InChI is InChI=1S/C80H153N2O6P/c1-6-8-10-12-14-16-18-20-22-24-26-28-30-32-34-36-38-39-40-41-42-43-44-46-48-50-52-54-56-58-60-62-64-66-68-70-72-74-80(84)81-78(77-88-89(85,86)87-76-75-82(3,4)5)79(83)73-71-69-67-65-63-61-59-57-55-53-51-49-47-45-37-35-33-31-29-27-25-23-21-19-17-15-13-11-9-7-2/h18,20,24,26,55,57,63,65,71,73,78-79,83H,6-17,19,21-23,25,27-54,56,58-62,64,66-70,72,74-77H2,1-5H3,(H-,81,84,85,86)/b20-18-,26-24-,57-55+,65-63+,73-71+. The van der Waals surface area contributed by atoms with E-state index in [-0.39, 0.29) is 12.5 Å². The number of aliphatic hydroxyl groups is 1. The van der Waals surface area contributed by atoms with Crippen LogP contribution in [0.3, 0.4) is 0 Å². The van der Waals surface area contributed by atoms with Crippen molar-refractivity contribution in [1.82, 2.24) is 5.32 Å². The van der Waals surface area contributed by atoms with Crippen molar-refractivity contribution in [2.24, 2.45) is 0 Å². The summed E-state index contributed by atoms with van der Waals surface area (Å²) in [6.45, 7) is 4.67. The van der Waals surface area contributed by atoms with Crippen molar-refractivity contribution >= 4 is 13.7 Å². The lowest BCUT2D eigenvalue weighted by molar-refractivity contribution is -0.870. The third kappa shape index (κ3) is 73.5. The van der Waals surface area contributed by atoms with E-state index in [1.165, 1.54) is 321 Å². The summed E-state index contributed by atoms with van der Waals surface area (Å²) >= 11 is 0. The summed E-state index contributed by atoms with van der Waals surface area (Å²) in [4.78, 5) is 25.7. The van der Waals surface area contributed by atoms with Gasteiger partial charge in [-0.3, -0.25) is 9.36 Å². The van der Waals surface area contributed by atoms with Gasteiger partial charge >= 0.3 is 0 Å². The van der Waals surface area contributed by atoms with Gasteiger partial charge in [-0.15, -0.1) is 0 Å². The summed E-state index contributed by atoms with van der Waals surface area (Å²) < 4.78 is 23.5. The van der Waals surface area contributed by atoms with Crippen LogP contribution in [0.5, 0.6) is 0 Å². The van der Waals surface area contributed by atoms with Crippen LogP contribution in [-0.4, -0.2) is 68.5 Å². The minimum atomic E-state index is -4.62. The van der Waals surface area contributed by atoms with Gasteiger partial charge in [0.25, 0.3) is 7.82 Å². The molecule has 0 aliphatic rings. The number of carbonyl (C=O) groups excluding carboxylic acids is 1. The van der Waals surface area contributed by atoms with Crippen molar-refractivity contribution in [3.63, 3.8) is 0 Å². The molecule has 0 aromatic heterocycles. The fourth-order valence-electron chi connectivity index (χ4n) is 11.9. The number of nitrogens with one attached hydrogen (secondary N) is 1. The summed E-state index contributed by atoms with van der Waals surface area (Å²) in [7, 11) is 1.25. The van der Waals surface area contributed by atoms with Crippen LogP contribution in [-0.2, 0) is 18.4 Å². The largest absolute Gasteiger partial charge is 0.756 e. The zero-order valence-electron chi connectivity index (χ0n) is 60.2. The molecule has 0 spiro atoms. The first-order chi connectivity index (χ1) is 43.5. The molecule has 1 amide bonds. The van der Waals surface area contributed by atoms with E-state index in [1.54, 1.807) is 6.08 Å². The van der Waals surface area contributed by atoms with Crippen LogP contribution < -0.4 is 10.2 Å². The maximum absolute atomic E-state index is 13.1. The van der Waals surface area contributed by atoms with E-state index in [0.717, 1.165) is 51.4 Å². The molecule has 0 bridgehead atoms. The number of phosphoric ester groups is 1. The number of aliphatic hydroxyl groups excluding tert-OH is 1. The van der Waals surface area contributed by atoms with Crippen LogP contribution in [0.15, 0.2) is 60.8 Å². The van der Waals surface area contributed by atoms with Crippen LogP contribution in [0, 0.1) is 0 Å². The van der Waals surface area contributed by atoms with E-state index in [1.807, 2.05) is 27.2 Å². The number of rotatable bonds is 73. The summed E-state index contributed by atoms with van der Waals surface area (Å²) in [5.74, 6) is -0.204. The summed E-state index contributed by atoms with van der Waals surface area (Å²) in [5, 5.41) is 14.0. The van der Waals surface area contributed by atoms with Gasteiger partial charge in [0.1, 0.15) is 13.2 Å². The first-order valence-corrected chi connectivity index (χ1v) is 40.6. The minimum Gasteiger partial charge on any atom is -0.756 e. The molecule has 0 aliphatic carbocycles. The Bertz CT molecular complexity index is 1640. The highest BCUT2D eigenvalue weighted by molar-refractivity contribution is 7.45. The first kappa shape index (κ1) is 87.2. The zero-order chi connectivity index (χ0) is 64.8. The van der Waals surface area contributed by atoms with Gasteiger partial charge in [0, 0.05) is 6.42 Å². The number of quaternary nitrogens is 1. The number of phosphoric acid groups is 1. The highest BCUT2D eigenvalue weighted by Crippen LogP contribution is 2.38. The van der Waals surface area contributed by atoms with E-state index in [4.69, 9.17) is 9.05 Å². The maximum atomic E-state index is 13.1. The Morgan fingerprint density at radius 2 is 0.663 bits per heavy atom. The molecule has 3 unspecified atom stereocenters. The number of hydrogen-bond donors (Lipinski definition) is 2. The zero-order valence-corrected chi connectivity index (χ0v) is 61.0. The quantitative estimate of drug-likeness (QED) is 0.0272. The van der Waals surface area contributed by atoms with Crippen molar-refractivity contribution < 1.29 is 32.9 Å². The Morgan fingerprint density at radius 3 is 0.978 bits per heavy atom. The summed E-state index contributed by atoms with van der Waals surface area (Å²) in [6, 6.07) is -0.912. The van der Waals surface area contributed by atoms with E-state index in [9.17, 15) is 19.4 Å². The molecule has 0 aromatic rings. The smallest absolute Gasteiger partial charge is 0.268 e. The lowest BCUT2D eigenvalue weighted by Gasteiger charge is -2.29. The Balaban J connectivity index is 4.01. The molecular formula is C80H153N2O6P. The first-order valence-electron chi connectivity index (χ1n) is 39.2. The number of allylic oxidation sites excluding steroid dienone is 9. The van der Waals surface area contributed by atoms with Crippen molar-refractivity contribution in [3.05, 3.63) is 60.8 Å². The van der Waals surface area contributed by atoms with Gasteiger partial charge in [-0.05, 0) is 77.0 Å². The van der Waals surface area contributed by atoms with E-state index in [0.29, 0.717) is 17.4 Å². The molecule has 2 N–H and O–H groups in total. The predicted octanol–water partition coefficient (Wildman–Crippen LogP) is 24.9. The van der Waals surface area contributed by atoms with Gasteiger partial charge in [-0.2, -0.15) is 0 Å². The molecule has 0 heterocycles. The normalized spacial score (nSPS) is 13.8. The lowest BCUT2D eigenvalue weighted by Crippen LogP contribution is -2.45. The molecule has 524 valence electrons. The van der Waals surface area contributed by atoms with Gasteiger partial charge in [-0.25, -0.2) is 0 Å². The number of amides is 1. The Kier molecular flexibility index (Phi) is 69.1. The number of hydrogen-bond acceptors (Lipinski definition) is 6. The third-order valence-electron chi connectivity index (χ3n) is 17.9. The van der Waals surface area contributed by atoms with Crippen LogP contribution in [0.4, 0.5) is 0 Å². The average Bonchev–Trinajstić information content (AvgIpc) is 3.57. The second-order valence-corrected chi connectivity index (χ2v) is 29.5. The third-order valence-corrected chi connectivity index (χ3v) is 18.9. The summed E-state index contributed by atoms with van der Waals surface area (Å²) in [6.07, 6.45) is 98.2. The average molecular weight is 1270 g/mol. The van der Waals surface area contributed by atoms with Crippen LogP contribution >= 0.6 is 7.82 Å². The second kappa shape index (κ2) is 70.5. The molecular weight excluding hydrogens is 1120 g/mol. The molecule has 0 rings (SSSR count). The maximum Gasteiger partial charge on any atom is 0.268 e. The molecule has 0 fully saturated rings. The molecule has 9 heteroatoms. The Labute approximate surface area is 555 Å². The van der Waals surface area contributed by atoms with Gasteiger partial charge in [0.2, 0.25) is 5.91 Å². The molecule has 3 atom stereocenters.